The van der Waals surface area contributed by atoms with Crippen molar-refractivity contribution in [3.8, 4) is 0 Å². The summed E-state index contributed by atoms with van der Waals surface area (Å²) in [5.41, 5.74) is 9.80. The Morgan fingerprint density at radius 1 is 1.40 bits per heavy atom. The minimum absolute atomic E-state index is 0.0389. The van der Waals surface area contributed by atoms with E-state index in [9.17, 15) is 5.11 Å². The number of hydrogen-bond acceptors (Lipinski definition) is 2. The van der Waals surface area contributed by atoms with Crippen LogP contribution in [-0.2, 0) is 5.41 Å². The summed E-state index contributed by atoms with van der Waals surface area (Å²) in [7, 11) is 0. The van der Waals surface area contributed by atoms with Gasteiger partial charge >= 0.3 is 0 Å². The van der Waals surface area contributed by atoms with Gasteiger partial charge in [-0.25, -0.2) is 0 Å². The Hall–Kier alpha value is -0.860. The lowest BCUT2D eigenvalue weighted by Crippen LogP contribution is -2.50. The molecule has 0 atom stereocenters. The van der Waals surface area contributed by atoms with Crippen LogP contribution in [0.2, 0.25) is 0 Å². The zero-order chi connectivity index (χ0) is 11.1. The van der Waals surface area contributed by atoms with Crippen LogP contribution in [0.4, 0.5) is 0 Å². The van der Waals surface area contributed by atoms with Crippen molar-refractivity contribution in [2.45, 2.75) is 38.2 Å². The number of aliphatic hydroxyl groups excluding tert-OH is 1. The van der Waals surface area contributed by atoms with E-state index in [1.807, 2.05) is 0 Å². The van der Waals surface area contributed by atoms with Gasteiger partial charge in [-0.2, -0.15) is 0 Å². The molecule has 0 radical (unpaired) electrons. The normalized spacial score (nSPS) is 30.0. The molecule has 1 aromatic carbocycles. The Labute approximate surface area is 91.1 Å². The van der Waals surface area contributed by atoms with Crippen molar-refractivity contribution >= 4 is 0 Å². The van der Waals surface area contributed by atoms with Gasteiger partial charge in [-0.15, -0.1) is 0 Å². The van der Waals surface area contributed by atoms with E-state index in [-0.39, 0.29) is 11.5 Å². The molecular weight excluding hydrogens is 186 g/mol. The van der Waals surface area contributed by atoms with E-state index in [4.69, 9.17) is 5.73 Å². The van der Waals surface area contributed by atoms with Gasteiger partial charge in [0.15, 0.2) is 0 Å². The SMILES string of the molecule is Cc1ccc(C2(CN)CC(O)C2)c(C)c1. The monoisotopic (exact) mass is 205 g/mol. The highest BCUT2D eigenvalue weighted by atomic mass is 16.3. The number of nitrogens with two attached hydrogens (primary N) is 1. The summed E-state index contributed by atoms with van der Waals surface area (Å²) in [5.74, 6) is 0. The van der Waals surface area contributed by atoms with Gasteiger partial charge in [0.2, 0.25) is 0 Å². The van der Waals surface area contributed by atoms with Crippen LogP contribution in [0.1, 0.15) is 29.5 Å². The van der Waals surface area contributed by atoms with Gasteiger partial charge in [-0.05, 0) is 37.8 Å². The average Bonchev–Trinajstić information content (AvgIpc) is 2.13. The van der Waals surface area contributed by atoms with E-state index >= 15 is 0 Å². The number of hydrogen-bond donors (Lipinski definition) is 2. The molecule has 0 amide bonds. The molecule has 1 aliphatic rings. The smallest absolute Gasteiger partial charge is 0.0558 e. The van der Waals surface area contributed by atoms with E-state index in [1.54, 1.807) is 0 Å². The van der Waals surface area contributed by atoms with Crippen molar-refractivity contribution in [1.29, 1.82) is 0 Å². The highest BCUT2D eigenvalue weighted by Gasteiger charge is 2.44. The fourth-order valence-electron chi connectivity index (χ4n) is 2.75. The third-order valence-electron chi connectivity index (χ3n) is 3.60. The molecule has 1 saturated carbocycles. The molecule has 0 aromatic heterocycles. The zero-order valence-corrected chi connectivity index (χ0v) is 9.46. The largest absolute Gasteiger partial charge is 0.393 e. The quantitative estimate of drug-likeness (QED) is 0.771. The first-order valence-corrected chi connectivity index (χ1v) is 5.53. The molecule has 15 heavy (non-hydrogen) atoms. The molecule has 2 heteroatoms. The molecule has 0 unspecified atom stereocenters. The molecule has 0 aliphatic heterocycles. The average molecular weight is 205 g/mol. The van der Waals surface area contributed by atoms with E-state index in [0.29, 0.717) is 6.54 Å². The van der Waals surface area contributed by atoms with Crippen LogP contribution in [-0.4, -0.2) is 17.8 Å². The van der Waals surface area contributed by atoms with Crippen LogP contribution < -0.4 is 5.73 Å². The van der Waals surface area contributed by atoms with E-state index < -0.39 is 0 Å². The Balaban J connectivity index is 2.36. The number of benzene rings is 1. The Morgan fingerprint density at radius 2 is 2.07 bits per heavy atom. The Bertz CT molecular complexity index is 367. The maximum Gasteiger partial charge on any atom is 0.0558 e. The lowest BCUT2D eigenvalue weighted by Gasteiger charge is -2.46. The lowest BCUT2D eigenvalue weighted by atomic mass is 9.62. The first kappa shape index (κ1) is 10.7. The van der Waals surface area contributed by atoms with Crippen molar-refractivity contribution in [3.63, 3.8) is 0 Å². The Kier molecular flexibility index (Phi) is 2.57. The van der Waals surface area contributed by atoms with Crippen molar-refractivity contribution in [2.75, 3.05) is 6.54 Å². The first-order chi connectivity index (χ1) is 7.07. The third kappa shape index (κ3) is 1.68. The van der Waals surface area contributed by atoms with Crippen molar-refractivity contribution < 1.29 is 5.11 Å². The molecule has 3 N–H and O–H groups in total. The summed E-state index contributed by atoms with van der Waals surface area (Å²) in [4.78, 5) is 0. The summed E-state index contributed by atoms with van der Waals surface area (Å²) in [6, 6.07) is 6.49. The highest BCUT2D eigenvalue weighted by molar-refractivity contribution is 5.39. The van der Waals surface area contributed by atoms with E-state index in [2.05, 4.69) is 32.0 Å². The standard InChI is InChI=1S/C13H19NO/c1-9-3-4-12(10(2)5-9)13(8-14)6-11(15)7-13/h3-5,11,15H,6-8,14H2,1-2H3. The second-order valence-corrected chi connectivity index (χ2v) is 4.86. The third-order valence-corrected chi connectivity index (χ3v) is 3.60. The van der Waals surface area contributed by atoms with Crippen molar-refractivity contribution in [2.24, 2.45) is 5.73 Å². The van der Waals surface area contributed by atoms with Crippen molar-refractivity contribution in [3.05, 3.63) is 34.9 Å². The van der Waals surface area contributed by atoms with Crippen LogP contribution in [0.15, 0.2) is 18.2 Å². The summed E-state index contributed by atoms with van der Waals surface area (Å²) >= 11 is 0. The summed E-state index contributed by atoms with van der Waals surface area (Å²) in [5, 5.41) is 9.47. The summed E-state index contributed by atoms with van der Waals surface area (Å²) in [6.07, 6.45) is 1.47. The van der Waals surface area contributed by atoms with Crippen LogP contribution in [0.3, 0.4) is 0 Å². The highest BCUT2D eigenvalue weighted by Crippen LogP contribution is 2.44. The fourth-order valence-corrected chi connectivity index (χ4v) is 2.75. The summed E-state index contributed by atoms with van der Waals surface area (Å²) in [6.45, 7) is 4.86. The Morgan fingerprint density at radius 3 is 2.53 bits per heavy atom. The minimum Gasteiger partial charge on any atom is -0.393 e. The van der Waals surface area contributed by atoms with Gasteiger partial charge in [0.1, 0.15) is 0 Å². The molecule has 0 heterocycles. The van der Waals surface area contributed by atoms with Crippen LogP contribution in [0, 0.1) is 13.8 Å². The van der Waals surface area contributed by atoms with Gasteiger partial charge in [0.05, 0.1) is 6.10 Å². The van der Waals surface area contributed by atoms with Crippen molar-refractivity contribution in [1.82, 2.24) is 0 Å². The minimum atomic E-state index is -0.158. The lowest BCUT2D eigenvalue weighted by molar-refractivity contribution is 0.0219. The molecule has 1 aliphatic carbocycles. The summed E-state index contributed by atoms with van der Waals surface area (Å²) < 4.78 is 0. The molecule has 1 fully saturated rings. The van der Waals surface area contributed by atoms with Gasteiger partial charge in [-0.3, -0.25) is 0 Å². The molecule has 2 nitrogen and oxygen atoms in total. The second kappa shape index (κ2) is 3.62. The topological polar surface area (TPSA) is 46.2 Å². The van der Waals surface area contributed by atoms with Gasteiger partial charge in [0, 0.05) is 12.0 Å². The van der Waals surface area contributed by atoms with E-state index in [1.165, 1.54) is 16.7 Å². The maximum atomic E-state index is 9.47. The number of aryl methyl sites for hydroxylation is 2. The van der Waals surface area contributed by atoms with Gasteiger partial charge in [-0.1, -0.05) is 23.8 Å². The molecule has 2 rings (SSSR count). The van der Waals surface area contributed by atoms with Gasteiger partial charge in [0.25, 0.3) is 0 Å². The predicted molar refractivity (Wildman–Crippen MR) is 61.9 cm³/mol. The van der Waals surface area contributed by atoms with Crippen LogP contribution in [0.25, 0.3) is 0 Å². The molecule has 0 bridgehead atoms. The maximum absolute atomic E-state index is 9.47. The molecule has 0 saturated heterocycles. The first-order valence-electron chi connectivity index (χ1n) is 5.53. The molecule has 0 spiro atoms. The van der Waals surface area contributed by atoms with Crippen LogP contribution >= 0.6 is 0 Å². The fraction of sp³-hybridized carbons (Fsp3) is 0.538. The predicted octanol–water partition coefficient (Wildman–Crippen LogP) is 1.65. The van der Waals surface area contributed by atoms with Crippen LogP contribution in [0.5, 0.6) is 0 Å². The zero-order valence-electron chi connectivity index (χ0n) is 9.46. The van der Waals surface area contributed by atoms with E-state index in [0.717, 1.165) is 12.8 Å². The number of aliphatic hydroxyl groups is 1. The second-order valence-electron chi connectivity index (χ2n) is 4.86. The van der Waals surface area contributed by atoms with Gasteiger partial charge < -0.3 is 10.8 Å². The molecule has 82 valence electrons. The molecular formula is C13H19NO. The molecule has 1 aromatic rings. The number of rotatable bonds is 2.